The van der Waals surface area contributed by atoms with Gasteiger partial charge in [0, 0.05) is 16.8 Å². The standard InChI is InChI=1S/C16H12N2O5S/c19-14-7-5-10(9-15(14)20)17-18-13-6-8-16(24(21,22)23)12-4-2-1-3-11(12)13/h1-9,19-20H,(H,21,22,23). The summed E-state index contributed by atoms with van der Waals surface area (Å²) in [5.41, 5.74) is 0.707. The Bertz CT molecular complexity index is 1060. The van der Waals surface area contributed by atoms with Crippen molar-refractivity contribution in [2.24, 2.45) is 10.2 Å². The number of fused-ring (bicyclic) bond motifs is 1. The average molecular weight is 344 g/mol. The van der Waals surface area contributed by atoms with E-state index in [4.69, 9.17) is 0 Å². The first-order valence-corrected chi connectivity index (χ1v) is 8.23. The lowest BCUT2D eigenvalue weighted by molar-refractivity contribution is 0.404. The van der Waals surface area contributed by atoms with Crippen LogP contribution in [0.5, 0.6) is 11.5 Å². The van der Waals surface area contributed by atoms with Gasteiger partial charge in [-0.3, -0.25) is 4.55 Å². The molecule has 0 radical (unpaired) electrons. The van der Waals surface area contributed by atoms with Gasteiger partial charge in [0.1, 0.15) is 4.90 Å². The van der Waals surface area contributed by atoms with E-state index in [1.807, 2.05) is 0 Å². The second-order valence-electron chi connectivity index (χ2n) is 4.98. The predicted octanol–water partition coefficient (Wildman–Crippen LogP) is 3.91. The van der Waals surface area contributed by atoms with E-state index in [1.54, 1.807) is 24.3 Å². The quantitative estimate of drug-likeness (QED) is 0.378. The summed E-state index contributed by atoms with van der Waals surface area (Å²) in [6.45, 7) is 0. The number of rotatable bonds is 3. The van der Waals surface area contributed by atoms with Crippen molar-refractivity contribution in [3.8, 4) is 11.5 Å². The normalized spacial score (nSPS) is 12.0. The number of nitrogens with zero attached hydrogens (tertiary/aromatic N) is 2. The molecule has 0 fully saturated rings. The monoisotopic (exact) mass is 344 g/mol. The molecule has 0 saturated heterocycles. The van der Waals surface area contributed by atoms with E-state index in [0.717, 1.165) is 0 Å². The zero-order valence-electron chi connectivity index (χ0n) is 12.2. The van der Waals surface area contributed by atoms with Gasteiger partial charge in [0.05, 0.1) is 11.4 Å². The molecule has 8 heteroatoms. The highest BCUT2D eigenvalue weighted by molar-refractivity contribution is 7.86. The molecule has 0 atom stereocenters. The Hall–Kier alpha value is -2.97. The zero-order chi connectivity index (χ0) is 17.3. The number of phenolic OH excluding ortho intramolecular Hbond substituents is 2. The van der Waals surface area contributed by atoms with E-state index < -0.39 is 10.1 Å². The summed E-state index contributed by atoms with van der Waals surface area (Å²) < 4.78 is 32.2. The van der Waals surface area contributed by atoms with Crippen molar-refractivity contribution in [3.05, 3.63) is 54.6 Å². The summed E-state index contributed by atoms with van der Waals surface area (Å²) >= 11 is 0. The first-order valence-electron chi connectivity index (χ1n) is 6.79. The molecule has 24 heavy (non-hydrogen) atoms. The minimum absolute atomic E-state index is 0.209. The molecular formula is C16H12N2O5S. The van der Waals surface area contributed by atoms with E-state index in [9.17, 15) is 23.2 Å². The maximum absolute atomic E-state index is 11.5. The van der Waals surface area contributed by atoms with E-state index in [-0.39, 0.29) is 16.4 Å². The lowest BCUT2D eigenvalue weighted by atomic mass is 10.1. The maximum Gasteiger partial charge on any atom is 0.295 e. The lowest BCUT2D eigenvalue weighted by Crippen LogP contribution is -1.98. The first kappa shape index (κ1) is 15.9. The highest BCUT2D eigenvalue weighted by atomic mass is 32.2. The number of hydrogen-bond acceptors (Lipinski definition) is 6. The molecule has 122 valence electrons. The molecule has 7 nitrogen and oxygen atoms in total. The Morgan fingerprint density at radius 1 is 0.792 bits per heavy atom. The first-order chi connectivity index (χ1) is 11.4. The van der Waals surface area contributed by atoms with Crippen LogP contribution >= 0.6 is 0 Å². The van der Waals surface area contributed by atoms with E-state index in [2.05, 4.69) is 10.2 Å². The van der Waals surface area contributed by atoms with E-state index in [0.29, 0.717) is 22.1 Å². The molecule has 0 aliphatic rings. The van der Waals surface area contributed by atoms with Crippen LogP contribution in [0.3, 0.4) is 0 Å². The highest BCUT2D eigenvalue weighted by Gasteiger charge is 2.15. The van der Waals surface area contributed by atoms with E-state index in [1.165, 1.54) is 30.3 Å². The smallest absolute Gasteiger partial charge is 0.295 e. The van der Waals surface area contributed by atoms with Gasteiger partial charge in [-0.2, -0.15) is 13.5 Å². The van der Waals surface area contributed by atoms with Gasteiger partial charge in [0.2, 0.25) is 0 Å². The second kappa shape index (κ2) is 5.91. The van der Waals surface area contributed by atoms with Crippen molar-refractivity contribution in [1.29, 1.82) is 0 Å². The van der Waals surface area contributed by atoms with Crippen LogP contribution in [0.1, 0.15) is 0 Å². The van der Waals surface area contributed by atoms with Crippen LogP contribution in [0.2, 0.25) is 0 Å². The Balaban J connectivity index is 2.11. The fraction of sp³-hybridized carbons (Fsp3) is 0. The minimum atomic E-state index is -4.36. The Morgan fingerprint density at radius 2 is 1.50 bits per heavy atom. The van der Waals surface area contributed by atoms with Gasteiger partial charge in [0.15, 0.2) is 11.5 Å². The molecule has 3 aromatic carbocycles. The van der Waals surface area contributed by atoms with Crippen LogP contribution in [-0.2, 0) is 10.1 Å². The third kappa shape index (κ3) is 3.05. The Morgan fingerprint density at radius 3 is 2.17 bits per heavy atom. The molecule has 0 unspecified atom stereocenters. The summed E-state index contributed by atoms with van der Waals surface area (Å²) in [7, 11) is -4.36. The fourth-order valence-corrected chi connectivity index (χ4v) is 2.95. The summed E-state index contributed by atoms with van der Waals surface area (Å²) in [6, 6.07) is 13.2. The molecule has 0 aliphatic carbocycles. The number of benzene rings is 3. The number of phenols is 2. The Kier molecular flexibility index (Phi) is 3.92. The van der Waals surface area contributed by atoms with Gasteiger partial charge in [-0.1, -0.05) is 24.3 Å². The maximum atomic E-state index is 11.5. The summed E-state index contributed by atoms with van der Waals surface area (Å²) in [5.74, 6) is -0.588. The summed E-state index contributed by atoms with van der Waals surface area (Å²) in [4.78, 5) is -0.209. The molecule has 3 aromatic rings. The summed E-state index contributed by atoms with van der Waals surface area (Å²) in [6.07, 6.45) is 0. The van der Waals surface area contributed by atoms with Gasteiger partial charge in [-0.05, 0) is 24.3 Å². The molecular weight excluding hydrogens is 332 g/mol. The molecule has 0 bridgehead atoms. The van der Waals surface area contributed by atoms with Crippen LogP contribution in [0, 0.1) is 0 Å². The van der Waals surface area contributed by atoms with E-state index >= 15 is 0 Å². The molecule has 3 rings (SSSR count). The van der Waals surface area contributed by atoms with Crippen LogP contribution < -0.4 is 0 Å². The fourth-order valence-electron chi connectivity index (χ4n) is 2.25. The van der Waals surface area contributed by atoms with Gasteiger partial charge in [-0.25, -0.2) is 0 Å². The van der Waals surface area contributed by atoms with Crippen molar-refractivity contribution in [1.82, 2.24) is 0 Å². The van der Waals surface area contributed by atoms with Crippen molar-refractivity contribution in [2.75, 3.05) is 0 Å². The third-order valence-electron chi connectivity index (χ3n) is 3.37. The molecule has 0 aromatic heterocycles. The minimum Gasteiger partial charge on any atom is -0.504 e. The van der Waals surface area contributed by atoms with Crippen molar-refractivity contribution < 1.29 is 23.2 Å². The largest absolute Gasteiger partial charge is 0.504 e. The number of azo groups is 1. The number of hydrogen-bond donors (Lipinski definition) is 3. The second-order valence-corrected chi connectivity index (χ2v) is 6.37. The van der Waals surface area contributed by atoms with Crippen LogP contribution in [0.15, 0.2) is 69.7 Å². The molecule has 3 N–H and O–H groups in total. The van der Waals surface area contributed by atoms with Crippen LogP contribution in [0.4, 0.5) is 11.4 Å². The Labute approximate surface area is 137 Å². The summed E-state index contributed by atoms with van der Waals surface area (Å²) in [5, 5.41) is 27.6. The average Bonchev–Trinajstić information content (AvgIpc) is 2.54. The lowest BCUT2D eigenvalue weighted by Gasteiger charge is -2.06. The van der Waals surface area contributed by atoms with Gasteiger partial charge in [0.25, 0.3) is 10.1 Å². The van der Waals surface area contributed by atoms with Gasteiger partial charge in [-0.15, -0.1) is 5.11 Å². The third-order valence-corrected chi connectivity index (χ3v) is 4.28. The highest BCUT2D eigenvalue weighted by Crippen LogP contribution is 2.33. The van der Waals surface area contributed by atoms with Crippen LogP contribution in [0.25, 0.3) is 10.8 Å². The van der Waals surface area contributed by atoms with Gasteiger partial charge >= 0.3 is 0 Å². The van der Waals surface area contributed by atoms with Crippen molar-refractivity contribution in [3.63, 3.8) is 0 Å². The zero-order valence-corrected chi connectivity index (χ0v) is 13.0. The molecule has 0 aliphatic heterocycles. The molecule has 0 saturated carbocycles. The topological polar surface area (TPSA) is 120 Å². The number of aromatic hydroxyl groups is 2. The SMILES string of the molecule is O=S(=O)(O)c1ccc(N=Nc2ccc(O)c(O)c2)c2ccccc12. The van der Waals surface area contributed by atoms with Crippen molar-refractivity contribution >= 4 is 32.3 Å². The predicted molar refractivity (Wildman–Crippen MR) is 87.7 cm³/mol. The molecule has 0 amide bonds. The molecule has 0 heterocycles. The molecule has 0 spiro atoms. The van der Waals surface area contributed by atoms with Crippen LogP contribution in [-0.4, -0.2) is 23.2 Å². The van der Waals surface area contributed by atoms with Gasteiger partial charge < -0.3 is 10.2 Å². The van der Waals surface area contributed by atoms with Crippen molar-refractivity contribution in [2.45, 2.75) is 4.90 Å².